The maximum atomic E-state index is 13.8. The van der Waals surface area contributed by atoms with Crippen LogP contribution in [0.4, 0.5) is 10.2 Å². The molecule has 0 aliphatic heterocycles. The first-order chi connectivity index (χ1) is 9.66. The van der Waals surface area contributed by atoms with Crippen LogP contribution in [0.15, 0.2) is 42.9 Å². The van der Waals surface area contributed by atoms with E-state index < -0.39 is 0 Å². The highest BCUT2D eigenvalue weighted by molar-refractivity contribution is 5.85. The summed E-state index contributed by atoms with van der Waals surface area (Å²) in [6, 6.07) is 8.46. The van der Waals surface area contributed by atoms with Crippen LogP contribution in [-0.4, -0.2) is 14.5 Å². The third-order valence-corrected chi connectivity index (χ3v) is 3.37. The molecule has 1 unspecified atom stereocenters. The molecule has 0 saturated carbocycles. The number of imidazole rings is 1. The average Bonchev–Trinajstić information content (AvgIpc) is 2.82. The van der Waals surface area contributed by atoms with Crippen LogP contribution in [0.1, 0.15) is 18.5 Å². The number of anilines is 1. The Bertz CT molecular complexity index is 750. The SMILES string of the molecule is CC(Nc1nccc2c1ncn2C)c1ccccc1F. The van der Waals surface area contributed by atoms with Crippen LogP contribution in [0, 0.1) is 5.82 Å². The number of nitrogens with zero attached hydrogens (tertiary/aromatic N) is 3. The van der Waals surface area contributed by atoms with Crippen molar-refractivity contribution in [1.29, 1.82) is 0 Å². The lowest BCUT2D eigenvalue weighted by Crippen LogP contribution is -2.10. The number of rotatable bonds is 3. The van der Waals surface area contributed by atoms with Gasteiger partial charge in [0.05, 0.1) is 17.9 Å². The molecular weight excluding hydrogens is 255 g/mol. The van der Waals surface area contributed by atoms with Crippen molar-refractivity contribution in [2.45, 2.75) is 13.0 Å². The first kappa shape index (κ1) is 12.6. The topological polar surface area (TPSA) is 42.7 Å². The van der Waals surface area contributed by atoms with Gasteiger partial charge in [-0.3, -0.25) is 0 Å². The molecule has 1 atom stereocenters. The van der Waals surface area contributed by atoms with Crippen molar-refractivity contribution in [1.82, 2.24) is 14.5 Å². The summed E-state index contributed by atoms with van der Waals surface area (Å²) in [4.78, 5) is 8.64. The number of aryl methyl sites for hydroxylation is 1. The van der Waals surface area contributed by atoms with E-state index in [4.69, 9.17) is 0 Å². The van der Waals surface area contributed by atoms with Gasteiger partial charge in [-0.05, 0) is 19.1 Å². The van der Waals surface area contributed by atoms with Crippen LogP contribution < -0.4 is 5.32 Å². The second-order valence-corrected chi connectivity index (χ2v) is 4.77. The summed E-state index contributed by atoms with van der Waals surface area (Å²) in [5, 5.41) is 3.23. The van der Waals surface area contributed by atoms with Gasteiger partial charge in [0.2, 0.25) is 0 Å². The van der Waals surface area contributed by atoms with Gasteiger partial charge in [-0.1, -0.05) is 18.2 Å². The number of halogens is 1. The Labute approximate surface area is 116 Å². The van der Waals surface area contributed by atoms with Gasteiger partial charge in [-0.2, -0.15) is 0 Å². The van der Waals surface area contributed by atoms with Crippen molar-refractivity contribution in [3.8, 4) is 0 Å². The Balaban J connectivity index is 1.95. The third kappa shape index (κ3) is 2.11. The van der Waals surface area contributed by atoms with Gasteiger partial charge in [0, 0.05) is 18.8 Å². The van der Waals surface area contributed by atoms with Crippen molar-refractivity contribution in [3.05, 3.63) is 54.2 Å². The van der Waals surface area contributed by atoms with Gasteiger partial charge in [0.25, 0.3) is 0 Å². The number of hydrogen-bond acceptors (Lipinski definition) is 3. The van der Waals surface area contributed by atoms with E-state index in [9.17, 15) is 4.39 Å². The lowest BCUT2D eigenvalue weighted by molar-refractivity contribution is 0.600. The predicted molar refractivity (Wildman–Crippen MR) is 76.9 cm³/mol. The number of nitrogens with one attached hydrogen (secondary N) is 1. The number of hydrogen-bond donors (Lipinski definition) is 1. The highest BCUT2D eigenvalue weighted by Gasteiger charge is 2.13. The summed E-state index contributed by atoms with van der Waals surface area (Å²) in [6.45, 7) is 1.90. The number of pyridine rings is 1. The van der Waals surface area contributed by atoms with Crippen LogP contribution in [-0.2, 0) is 7.05 Å². The maximum Gasteiger partial charge on any atom is 0.154 e. The van der Waals surface area contributed by atoms with E-state index in [1.165, 1.54) is 6.07 Å². The fourth-order valence-electron chi connectivity index (χ4n) is 2.28. The quantitative estimate of drug-likeness (QED) is 0.794. The molecule has 3 rings (SSSR count). The Hall–Kier alpha value is -2.43. The summed E-state index contributed by atoms with van der Waals surface area (Å²) in [6.07, 6.45) is 3.46. The van der Waals surface area contributed by atoms with E-state index >= 15 is 0 Å². The maximum absolute atomic E-state index is 13.8. The Morgan fingerprint density at radius 1 is 1.20 bits per heavy atom. The third-order valence-electron chi connectivity index (χ3n) is 3.37. The van der Waals surface area contributed by atoms with Crippen LogP contribution in [0.3, 0.4) is 0 Å². The van der Waals surface area contributed by atoms with E-state index in [-0.39, 0.29) is 11.9 Å². The van der Waals surface area contributed by atoms with E-state index in [1.54, 1.807) is 24.7 Å². The van der Waals surface area contributed by atoms with Crippen LogP contribution in [0.25, 0.3) is 11.0 Å². The van der Waals surface area contributed by atoms with Crippen molar-refractivity contribution in [2.75, 3.05) is 5.32 Å². The molecule has 20 heavy (non-hydrogen) atoms. The summed E-state index contributed by atoms with van der Waals surface area (Å²) in [5.41, 5.74) is 2.39. The zero-order valence-electron chi connectivity index (χ0n) is 11.3. The second-order valence-electron chi connectivity index (χ2n) is 4.77. The van der Waals surface area contributed by atoms with E-state index in [1.807, 2.05) is 30.7 Å². The minimum absolute atomic E-state index is 0.184. The van der Waals surface area contributed by atoms with Gasteiger partial charge in [-0.15, -0.1) is 0 Å². The molecule has 5 heteroatoms. The smallest absolute Gasteiger partial charge is 0.154 e. The van der Waals surface area contributed by atoms with Crippen LogP contribution in [0.5, 0.6) is 0 Å². The van der Waals surface area contributed by atoms with E-state index in [0.29, 0.717) is 11.4 Å². The molecule has 1 aromatic carbocycles. The Kier molecular flexibility index (Phi) is 3.10. The predicted octanol–water partition coefficient (Wildman–Crippen LogP) is 3.28. The molecule has 0 fully saturated rings. The van der Waals surface area contributed by atoms with Gasteiger partial charge in [0.15, 0.2) is 5.82 Å². The fraction of sp³-hybridized carbons (Fsp3) is 0.200. The summed E-state index contributed by atoms with van der Waals surface area (Å²) >= 11 is 0. The molecule has 0 radical (unpaired) electrons. The molecule has 0 bridgehead atoms. The molecule has 4 nitrogen and oxygen atoms in total. The zero-order chi connectivity index (χ0) is 14.1. The van der Waals surface area contributed by atoms with Crippen molar-refractivity contribution in [3.63, 3.8) is 0 Å². The highest BCUT2D eigenvalue weighted by atomic mass is 19.1. The van der Waals surface area contributed by atoms with Crippen molar-refractivity contribution in [2.24, 2.45) is 7.05 Å². The van der Waals surface area contributed by atoms with Gasteiger partial charge in [0.1, 0.15) is 11.3 Å². The molecule has 2 aromatic heterocycles. The molecule has 0 saturated heterocycles. The normalized spacial score (nSPS) is 12.6. The first-order valence-electron chi connectivity index (χ1n) is 6.44. The monoisotopic (exact) mass is 270 g/mol. The first-order valence-corrected chi connectivity index (χ1v) is 6.44. The average molecular weight is 270 g/mol. The van der Waals surface area contributed by atoms with Gasteiger partial charge in [-0.25, -0.2) is 14.4 Å². The number of benzene rings is 1. The minimum Gasteiger partial charge on any atom is -0.362 e. The molecule has 3 aromatic rings. The largest absolute Gasteiger partial charge is 0.362 e. The van der Waals surface area contributed by atoms with E-state index in [2.05, 4.69) is 15.3 Å². The molecule has 1 N–H and O–H groups in total. The minimum atomic E-state index is -0.222. The fourth-order valence-corrected chi connectivity index (χ4v) is 2.28. The standard InChI is InChI=1S/C15H15FN4/c1-10(11-5-3-4-6-12(11)16)19-15-14-13(7-8-17-15)20(2)9-18-14/h3-10H,1-2H3,(H,17,19). The van der Waals surface area contributed by atoms with E-state index in [0.717, 1.165) is 11.0 Å². The molecule has 0 aliphatic carbocycles. The Morgan fingerprint density at radius 2 is 2.00 bits per heavy atom. The lowest BCUT2D eigenvalue weighted by atomic mass is 10.1. The van der Waals surface area contributed by atoms with Crippen LogP contribution >= 0.6 is 0 Å². The molecular formula is C15H15FN4. The molecule has 0 aliphatic rings. The van der Waals surface area contributed by atoms with Gasteiger partial charge < -0.3 is 9.88 Å². The summed E-state index contributed by atoms with van der Waals surface area (Å²) in [5.74, 6) is 0.444. The highest BCUT2D eigenvalue weighted by Crippen LogP contribution is 2.24. The summed E-state index contributed by atoms with van der Waals surface area (Å²) in [7, 11) is 1.93. The number of aromatic nitrogens is 3. The molecule has 2 heterocycles. The second kappa shape index (κ2) is 4.92. The summed E-state index contributed by atoms with van der Waals surface area (Å²) < 4.78 is 15.7. The lowest BCUT2D eigenvalue weighted by Gasteiger charge is -2.15. The zero-order valence-corrected chi connectivity index (χ0v) is 11.3. The van der Waals surface area contributed by atoms with Crippen molar-refractivity contribution >= 4 is 16.9 Å². The number of fused-ring (bicyclic) bond motifs is 1. The molecule has 0 spiro atoms. The molecule has 102 valence electrons. The van der Waals surface area contributed by atoms with Crippen molar-refractivity contribution < 1.29 is 4.39 Å². The molecule has 0 amide bonds. The Morgan fingerprint density at radius 3 is 2.80 bits per heavy atom. The van der Waals surface area contributed by atoms with Crippen LogP contribution in [0.2, 0.25) is 0 Å². The van der Waals surface area contributed by atoms with Gasteiger partial charge >= 0.3 is 0 Å².